The molecule has 0 fully saturated rings. The van der Waals surface area contributed by atoms with Crippen molar-refractivity contribution in [3.05, 3.63) is 98.9 Å². The number of aromatic nitrogens is 3. The number of hydrogen-bond donors (Lipinski definition) is 3. The minimum Gasteiger partial charge on any atom is -0.459 e. The zero-order valence-corrected chi connectivity index (χ0v) is 25.1. The van der Waals surface area contributed by atoms with Crippen LogP contribution in [0, 0.1) is 0 Å². The number of pyridine rings is 1. The Morgan fingerprint density at radius 2 is 2.02 bits per heavy atom. The number of hydrogen-bond acceptors (Lipinski definition) is 8. The van der Waals surface area contributed by atoms with Crippen LogP contribution < -0.4 is 21.9 Å². The number of aryl methyl sites for hydroxylation is 1. The molecule has 9 nitrogen and oxygen atoms in total. The second-order valence-corrected chi connectivity index (χ2v) is 11.6. The van der Waals surface area contributed by atoms with Gasteiger partial charge in [-0.25, -0.2) is 9.97 Å². The van der Waals surface area contributed by atoms with Crippen molar-refractivity contribution in [3.8, 4) is 0 Å². The molecule has 0 saturated carbocycles. The van der Waals surface area contributed by atoms with Crippen LogP contribution in [0.2, 0.25) is 0 Å². The van der Waals surface area contributed by atoms with Crippen molar-refractivity contribution in [3.63, 3.8) is 0 Å². The summed E-state index contributed by atoms with van der Waals surface area (Å²) in [7, 11) is 0. The number of anilines is 2. The third kappa shape index (κ3) is 6.08. The van der Waals surface area contributed by atoms with Crippen LogP contribution in [0.25, 0.3) is 15.8 Å². The highest BCUT2D eigenvalue weighted by Gasteiger charge is 2.31. The van der Waals surface area contributed by atoms with E-state index in [4.69, 9.17) is 10.5 Å². The van der Waals surface area contributed by atoms with Crippen LogP contribution in [0.5, 0.6) is 0 Å². The van der Waals surface area contributed by atoms with E-state index in [1.165, 1.54) is 4.57 Å². The molecule has 1 aromatic carbocycles. The molecule has 2 atom stereocenters. The number of nitrogens with zero attached hydrogens (tertiary/aromatic N) is 3. The Morgan fingerprint density at radius 3 is 2.76 bits per heavy atom. The van der Waals surface area contributed by atoms with Crippen LogP contribution in [-0.2, 0) is 22.5 Å². The lowest BCUT2D eigenvalue weighted by Crippen LogP contribution is -2.37. The molecule has 4 heterocycles. The number of nitrogens with one attached hydrogen (secondary N) is 2. The van der Waals surface area contributed by atoms with Gasteiger partial charge in [0, 0.05) is 33.1 Å². The molecular formula is C32H36N6O3S. The summed E-state index contributed by atoms with van der Waals surface area (Å²) >= 11 is 1.56. The van der Waals surface area contributed by atoms with Crippen LogP contribution in [-0.4, -0.2) is 26.5 Å². The number of nitrogens with two attached hydrogens (primary N) is 1. The molecular weight excluding hydrogens is 548 g/mol. The topological polar surface area (TPSA) is 124 Å². The summed E-state index contributed by atoms with van der Waals surface area (Å²) in [5, 5.41) is 7.27. The zero-order valence-electron chi connectivity index (χ0n) is 24.3. The first-order valence-electron chi connectivity index (χ1n) is 14.2. The lowest BCUT2D eigenvalue weighted by molar-refractivity contribution is -0.124. The maximum Gasteiger partial charge on any atom is 0.277 e. The Balaban J connectivity index is 1.30. The molecule has 218 valence electrons. The number of amides is 1. The first kappa shape index (κ1) is 29.1. The number of carbonyl (C=O) groups is 1. The molecule has 0 saturated heterocycles. The number of carbonyl (C=O) groups excluding carboxylic acids is 1. The fourth-order valence-electron chi connectivity index (χ4n) is 5.10. The molecule has 1 aliphatic rings. The van der Waals surface area contributed by atoms with E-state index < -0.39 is 6.04 Å². The van der Waals surface area contributed by atoms with Gasteiger partial charge in [-0.15, -0.1) is 11.3 Å². The molecule has 2 unspecified atom stereocenters. The average Bonchev–Trinajstić information content (AvgIpc) is 3.62. The monoisotopic (exact) mass is 584 g/mol. The smallest absolute Gasteiger partial charge is 0.277 e. The number of fused-ring (bicyclic) bond motifs is 2. The summed E-state index contributed by atoms with van der Waals surface area (Å²) in [6.45, 7) is 8.36. The summed E-state index contributed by atoms with van der Waals surface area (Å²) in [6.07, 6.45) is 7.11. The van der Waals surface area contributed by atoms with E-state index in [-0.39, 0.29) is 17.5 Å². The molecule has 42 heavy (non-hydrogen) atoms. The van der Waals surface area contributed by atoms with Gasteiger partial charge in [-0.1, -0.05) is 37.3 Å². The number of ether oxygens (including phenoxy) is 1. The van der Waals surface area contributed by atoms with Crippen molar-refractivity contribution >= 4 is 44.6 Å². The summed E-state index contributed by atoms with van der Waals surface area (Å²) in [6, 6.07) is 12.9. The van der Waals surface area contributed by atoms with E-state index in [0.717, 1.165) is 38.3 Å². The van der Waals surface area contributed by atoms with Crippen molar-refractivity contribution < 1.29 is 9.53 Å². The third-order valence-corrected chi connectivity index (χ3v) is 8.59. The van der Waals surface area contributed by atoms with Crippen LogP contribution >= 0.6 is 11.3 Å². The Morgan fingerprint density at radius 1 is 1.24 bits per heavy atom. The lowest BCUT2D eigenvalue weighted by Gasteiger charge is -2.22. The van der Waals surface area contributed by atoms with E-state index in [1.54, 1.807) is 23.7 Å². The Hall–Kier alpha value is -4.44. The van der Waals surface area contributed by atoms with Crippen LogP contribution in [0.4, 0.5) is 11.5 Å². The van der Waals surface area contributed by atoms with E-state index in [9.17, 15) is 9.59 Å². The highest BCUT2D eigenvalue weighted by atomic mass is 32.1. The van der Waals surface area contributed by atoms with Gasteiger partial charge in [-0.05, 0) is 57.4 Å². The maximum atomic E-state index is 13.6. The van der Waals surface area contributed by atoms with Crippen LogP contribution in [0.3, 0.4) is 0 Å². The molecule has 3 aromatic heterocycles. The van der Waals surface area contributed by atoms with Gasteiger partial charge in [-0.2, -0.15) is 0 Å². The van der Waals surface area contributed by atoms with E-state index in [0.29, 0.717) is 42.5 Å². The molecule has 4 aromatic rings. The summed E-state index contributed by atoms with van der Waals surface area (Å²) in [5.74, 6) is 2.35. The lowest BCUT2D eigenvalue weighted by atomic mass is 10.1. The minimum absolute atomic E-state index is 0.205. The molecule has 0 radical (unpaired) electrons. The van der Waals surface area contributed by atoms with Gasteiger partial charge in [0.15, 0.2) is 0 Å². The fraction of sp³-hybridized carbons (Fsp3) is 0.312. The normalized spacial score (nSPS) is 16.1. The van der Waals surface area contributed by atoms with Crippen LogP contribution in [0.15, 0.2) is 77.1 Å². The Labute approximate surface area is 249 Å². The fourth-order valence-corrected chi connectivity index (χ4v) is 6.12. The van der Waals surface area contributed by atoms with Gasteiger partial charge in [0.1, 0.15) is 34.9 Å². The van der Waals surface area contributed by atoms with Crippen molar-refractivity contribution in [2.24, 2.45) is 0 Å². The van der Waals surface area contributed by atoms with Gasteiger partial charge < -0.3 is 21.1 Å². The molecule has 1 aliphatic heterocycles. The van der Waals surface area contributed by atoms with Crippen molar-refractivity contribution in [2.75, 3.05) is 11.1 Å². The number of nitrogen functional groups attached to an aromatic ring is 1. The molecule has 0 bridgehead atoms. The minimum atomic E-state index is -0.624. The predicted molar refractivity (Wildman–Crippen MR) is 169 cm³/mol. The van der Waals surface area contributed by atoms with Crippen molar-refractivity contribution in [2.45, 2.75) is 65.6 Å². The van der Waals surface area contributed by atoms with E-state index in [2.05, 4.69) is 34.4 Å². The molecule has 5 rings (SSSR count). The van der Waals surface area contributed by atoms with Gasteiger partial charge in [-0.3, -0.25) is 14.2 Å². The SMILES string of the molecule is C/C=C(\OC(=C(C)CC)c1ccccc1)C(C)Nc1cnc2n(c1=O)C(C(=O)NCc1cc3cnc(N)cc3s1)CC2. The molecule has 0 spiro atoms. The quantitative estimate of drug-likeness (QED) is 0.201. The number of benzene rings is 1. The van der Waals surface area contributed by atoms with Gasteiger partial charge in [0.25, 0.3) is 5.56 Å². The number of thiophene rings is 1. The maximum absolute atomic E-state index is 13.6. The van der Waals surface area contributed by atoms with Gasteiger partial charge >= 0.3 is 0 Å². The van der Waals surface area contributed by atoms with Gasteiger partial charge in [0.05, 0.1) is 18.8 Å². The second-order valence-electron chi connectivity index (χ2n) is 10.4. The van der Waals surface area contributed by atoms with E-state index >= 15 is 0 Å². The predicted octanol–water partition coefficient (Wildman–Crippen LogP) is 5.80. The Kier molecular flexibility index (Phi) is 8.72. The standard InChI is InChI=1S/C32H36N6O3S/c1-5-19(3)30(21-10-8-7-9-11-21)41-26(6-2)20(4)37-24-18-35-29-13-12-25(38(29)32(24)40)31(39)36-17-23-14-22-16-34-28(33)15-27(22)42-23/h6-11,14-16,18,20,25,37H,5,12-13,17H2,1-4H3,(H2,33,34)(H,36,39)/b26-6-,30-19?. The second kappa shape index (κ2) is 12.6. The first-order chi connectivity index (χ1) is 20.3. The number of allylic oxidation sites excluding steroid dienone is 2. The van der Waals surface area contributed by atoms with Crippen molar-refractivity contribution in [1.82, 2.24) is 19.9 Å². The summed E-state index contributed by atoms with van der Waals surface area (Å²) < 4.78 is 8.98. The van der Waals surface area contributed by atoms with Crippen LogP contribution in [0.1, 0.15) is 62.8 Å². The molecule has 10 heteroatoms. The highest BCUT2D eigenvalue weighted by Crippen LogP contribution is 2.29. The summed E-state index contributed by atoms with van der Waals surface area (Å²) in [5.41, 5.74) is 7.96. The Bertz CT molecular complexity index is 1720. The number of rotatable bonds is 10. The molecule has 4 N–H and O–H groups in total. The largest absolute Gasteiger partial charge is 0.459 e. The third-order valence-electron chi connectivity index (χ3n) is 7.49. The van der Waals surface area contributed by atoms with Gasteiger partial charge in [0.2, 0.25) is 5.91 Å². The molecule has 1 amide bonds. The van der Waals surface area contributed by atoms with Crippen molar-refractivity contribution in [1.29, 1.82) is 0 Å². The summed E-state index contributed by atoms with van der Waals surface area (Å²) in [4.78, 5) is 36.5. The first-order valence-corrected chi connectivity index (χ1v) is 15.0. The van der Waals surface area contributed by atoms with E-state index in [1.807, 2.05) is 62.4 Å². The average molecular weight is 585 g/mol. The highest BCUT2D eigenvalue weighted by molar-refractivity contribution is 7.19. The molecule has 0 aliphatic carbocycles. The zero-order chi connectivity index (χ0) is 29.8.